The molecule has 22 heavy (non-hydrogen) atoms. The number of ether oxygens (including phenoxy) is 1. The zero-order valence-electron chi connectivity index (χ0n) is 14.4. The Hall–Kier alpha value is -1.22. The lowest BCUT2D eigenvalue weighted by atomic mass is 9.65. The van der Waals surface area contributed by atoms with Crippen molar-refractivity contribution in [2.75, 3.05) is 13.2 Å². The first-order chi connectivity index (χ1) is 10.3. The van der Waals surface area contributed by atoms with Crippen LogP contribution in [0.1, 0.15) is 52.5 Å². The predicted octanol–water partition coefficient (Wildman–Crippen LogP) is 4.19. The molecule has 1 aromatic rings. The summed E-state index contributed by atoms with van der Waals surface area (Å²) in [6, 6.07) is 6.49. The number of hydrogen-bond acceptors (Lipinski definition) is 3. The molecule has 1 saturated heterocycles. The van der Waals surface area contributed by atoms with Gasteiger partial charge in [0.2, 0.25) is 0 Å². The van der Waals surface area contributed by atoms with Crippen LogP contribution in [0.4, 0.5) is 0 Å². The van der Waals surface area contributed by atoms with Crippen LogP contribution in [0.25, 0.3) is 0 Å². The molecular formula is C19H29NO2. The molecule has 1 N–H and O–H groups in total. The zero-order valence-corrected chi connectivity index (χ0v) is 14.4. The second-order valence-electron chi connectivity index (χ2n) is 8.32. The van der Waals surface area contributed by atoms with Gasteiger partial charge in [0, 0.05) is 24.7 Å². The maximum absolute atomic E-state index is 10.4. The molecule has 0 unspecified atom stereocenters. The molecule has 1 aliphatic carbocycles. The van der Waals surface area contributed by atoms with E-state index in [4.69, 9.17) is 4.74 Å². The van der Waals surface area contributed by atoms with Gasteiger partial charge in [-0.15, -0.1) is 0 Å². The van der Waals surface area contributed by atoms with E-state index in [1.54, 1.807) is 0 Å². The highest BCUT2D eigenvalue weighted by molar-refractivity contribution is 5.45. The van der Waals surface area contributed by atoms with Crippen LogP contribution >= 0.6 is 0 Å². The van der Waals surface area contributed by atoms with Crippen LogP contribution in [0, 0.1) is 10.8 Å². The highest BCUT2D eigenvalue weighted by Crippen LogP contribution is 2.53. The van der Waals surface area contributed by atoms with E-state index in [9.17, 15) is 5.11 Å². The van der Waals surface area contributed by atoms with Crippen molar-refractivity contribution in [1.29, 1.82) is 0 Å². The normalized spacial score (nSPS) is 30.5. The molecule has 0 radical (unpaired) electrons. The fraction of sp³-hybridized carbons (Fsp3) is 0.684. The molecule has 122 valence electrons. The molecule has 0 spiro atoms. The molecule has 3 rings (SSSR count). The van der Waals surface area contributed by atoms with Gasteiger partial charge in [0.15, 0.2) is 11.5 Å². The quantitative estimate of drug-likeness (QED) is 0.905. The standard InChI is InChI=1S/C19H29NO2/c1-5-22-16-8-6-7-14(17(16)21)11-20-13-19(4)10-15(20)9-18(2,3)12-19/h6-8,15,21H,5,9-13H2,1-4H3/t15-,19-/m0/s1. The van der Waals surface area contributed by atoms with Crippen molar-refractivity contribution in [3.63, 3.8) is 0 Å². The van der Waals surface area contributed by atoms with Crippen LogP contribution < -0.4 is 4.74 Å². The third kappa shape index (κ3) is 2.96. The number of rotatable bonds is 4. The molecule has 2 bridgehead atoms. The van der Waals surface area contributed by atoms with Crippen molar-refractivity contribution >= 4 is 0 Å². The molecule has 1 heterocycles. The highest BCUT2D eigenvalue weighted by atomic mass is 16.5. The second-order valence-corrected chi connectivity index (χ2v) is 8.32. The van der Waals surface area contributed by atoms with Gasteiger partial charge in [-0.2, -0.15) is 0 Å². The van der Waals surface area contributed by atoms with E-state index < -0.39 is 0 Å². The summed E-state index contributed by atoms with van der Waals surface area (Å²) in [5, 5.41) is 10.4. The van der Waals surface area contributed by atoms with Gasteiger partial charge in [0.25, 0.3) is 0 Å². The number of nitrogens with zero attached hydrogens (tertiary/aromatic N) is 1. The number of benzene rings is 1. The summed E-state index contributed by atoms with van der Waals surface area (Å²) in [6.07, 6.45) is 3.86. The van der Waals surface area contributed by atoms with Crippen molar-refractivity contribution in [1.82, 2.24) is 4.90 Å². The summed E-state index contributed by atoms with van der Waals surface area (Å²) in [5.74, 6) is 0.920. The molecule has 3 heteroatoms. The van der Waals surface area contributed by atoms with E-state index in [0.717, 1.165) is 18.7 Å². The molecule has 1 aromatic carbocycles. The van der Waals surface area contributed by atoms with Crippen LogP contribution in [0.15, 0.2) is 18.2 Å². The zero-order chi connectivity index (χ0) is 16.0. The van der Waals surface area contributed by atoms with Gasteiger partial charge < -0.3 is 9.84 Å². The number of fused-ring (bicyclic) bond motifs is 2. The van der Waals surface area contributed by atoms with Gasteiger partial charge in [-0.05, 0) is 43.1 Å². The molecule has 2 fully saturated rings. The Morgan fingerprint density at radius 3 is 2.77 bits per heavy atom. The minimum atomic E-state index is 0.315. The van der Waals surface area contributed by atoms with Crippen LogP contribution in [-0.4, -0.2) is 29.2 Å². The number of para-hydroxylation sites is 1. The fourth-order valence-electron chi connectivity index (χ4n) is 4.95. The molecule has 2 atom stereocenters. The van der Waals surface area contributed by atoms with Crippen LogP contribution in [-0.2, 0) is 6.54 Å². The van der Waals surface area contributed by atoms with Gasteiger partial charge in [-0.3, -0.25) is 4.90 Å². The Morgan fingerprint density at radius 1 is 1.27 bits per heavy atom. The van der Waals surface area contributed by atoms with Crippen molar-refractivity contribution in [2.24, 2.45) is 10.8 Å². The van der Waals surface area contributed by atoms with Gasteiger partial charge in [0.1, 0.15) is 0 Å². The highest BCUT2D eigenvalue weighted by Gasteiger charge is 2.49. The average molecular weight is 303 g/mol. The third-order valence-corrected chi connectivity index (χ3v) is 5.28. The fourth-order valence-corrected chi connectivity index (χ4v) is 4.95. The first-order valence-corrected chi connectivity index (χ1v) is 8.50. The topological polar surface area (TPSA) is 32.7 Å². The minimum Gasteiger partial charge on any atom is -0.504 e. The summed E-state index contributed by atoms with van der Waals surface area (Å²) in [7, 11) is 0. The number of likely N-dealkylation sites (tertiary alicyclic amines) is 1. The van der Waals surface area contributed by atoms with Crippen LogP contribution in [0.2, 0.25) is 0 Å². The summed E-state index contributed by atoms with van der Waals surface area (Å²) in [6.45, 7) is 11.7. The molecule has 1 saturated carbocycles. The van der Waals surface area contributed by atoms with Crippen LogP contribution in [0.3, 0.4) is 0 Å². The molecular weight excluding hydrogens is 274 g/mol. The average Bonchev–Trinajstić information content (AvgIpc) is 2.63. The van der Waals surface area contributed by atoms with E-state index in [-0.39, 0.29) is 0 Å². The number of phenols is 1. The molecule has 1 aliphatic heterocycles. The third-order valence-electron chi connectivity index (χ3n) is 5.28. The van der Waals surface area contributed by atoms with Gasteiger partial charge in [0.05, 0.1) is 6.61 Å². The van der Waals surface area contributed by atoms with Gasteiger partial charge in [-0.1, -0.05) is 32.9 Å². The number of aromatic hydroxyl groups is 1. The van der Waals surface area contributed by atoms with Gasteiger partial charge in [-0.25, -0.2) is 0 Å². The Morgan fingerprint density at radius 2 is 2.05 bits per heavy atom. The first kappa shape index (κ1) is 15.7. The second kappa shape index (κ2) is 5.45. The van der Waals surface area contributed by atoms with E-state index in [0.29, 0.717) is 35.0 Å². The van der Waals surface area contributed by atoms with E-state index >= 15 is 0 Å². The van der Waals surface area contributed by atoms with E-state index in [1.165, 1.54) is 19.3 Å². The predicted molar refractivity (Wildman–Crippen MR) is 89.2 cm³/mol. The minimum absolute atomic E-state index is 0.315. The molecule has 2 aliphatic rings. The van der Waals surface area contributed by atoms with Crippen molar-refractivity contribution in [3.8, 4) is 11.5 Å². The Kier molecular flexibility index (Phi) is 3.88. The summed E-state index contributed by atoms with van der Waals surface area (Å²) >= 11 is 0. The summed E-state index contributed by atoms with van der Waals surface area (Å²) in [4.78, 5) is 2.57. The number of hydrogen-bond donors (Lipinski definition) is 1. The molecule has 3 nitrogen and oxygen atoms in total. The van der Waals surface area contributed by atoms with Crippen molar-refractivity contribution < 1.29 is 9.84 Å². The van der Waals surface area contributed by atoms with Crippen molar-refractivity contribution in [2.45, 2.75) is 59.5 Å². The molecule has 0 aromatic heterocycles. The van der Waals surface area contributed by atoms with E-state index in [2.05, 4.69) is 25.7 Å². The Labute approximate surface area is 134 Å². The monoisotopic (exact) mass is 303 g/mol. The maximum Gasteiger partial charge on any atom is 0.162 e. The van der Waals surface area contributed by atoms with E-state index in [1.807, 2.05) is 25.1 Å². The maximum atomic E-state index is 10.4. The van der Waals surface area contributed by atoms with Crippen LogP contribution in [0.5, 0.6) is 11.5 Å². The largest absolute Gasteiger partial charge is 0.504 e. The lowest BCUT2D eigenvalue weighted by Crippen LogP contribution is -2.34. The summed E-state index contributed by atoms with van der Waals surface area (Å²) in [5.41, 5.74) is 1.85. The Balaban J connectivity index is 1.79. The van der Waals surface area contributed by atoms with Gasteiger partial charge >= 0.3 is 0 Å². The smallest absolute Gasteiger partial charge is 0.162 e. The first-order valence-electron chi connectivity index (χ1n) is 8.50. The number of phenolic OH excluding ortho intramolecular Hbond substituents is 1. The van der Waals surface area contributed by atoms with Crippen molar-refractivity contribution in [3.05, 3.63) is 23.8 Å². The summed E-state index contributed by atoms with van der Waals surface area (Å²) < 4.78 is 5.51. The Bertz CT molecular complexity index is 554. The SMILES string of the molecule is CCOc1cccc(CN2C[C@@]3(C)C[C@@H]2CC(C)(C)C3)c1O. The lowest BCUT2D eigenvalue weighted by Gasteiger charge is -2.40. The lowest BCUT2D eigenvalue weighted by molar-refractivity contribution is 0.126. The molecule has 0 amide bonds.